The van der Waals surface area contributed by atoms with Crippen LogP contribution in [0.5, 0.6) is 0 Å². The molecule has 0 aliphatic heterocycles. The van der Waals surface area contributed by atoms with E-state index in [2.05, 4.69) is 17.6 Å². The lowest BCUT2D eigenvalue weighted by molar-refractivity contribution is 0.618. The van der Waals surface area contributed by atoms with E-state index in [9.17, 15) is 4.39 Å². The van der Waals surface area contributed by atoms with Gasteiger partial charge in [0.1, 0.15) is 22.8 Å². The molecule has 2 aromatic heterocycles. The van der Waals surface area contributed by atoms with Crippen LogP contribution in [0.1, 0.15) is 6.92 Å². The number of nitrogens with zero attached hydrogens (tertiary/aromatic N) is 2. The molecular formula is C21H15FN2O. The van der Waals surface area contributed by atoms with Crippen molar-refractivity contribution in [2.24, 2.45) is 0 Å². The standard InChI is InChI=1S/C21H15FN2O/c1-2-24-18-9-4-3-8-17(18)23-21(24)16-7-5-6-15-14-11-10-13(22)12-19(14)25-20(15)16/h3-12H,2H2,1H3. The van der Waals surface area contributed by atoms with Gasteiger partial charge in [-0.1, -0.05) is 24.3 Å². The minimum Gasteiger partial charge on any atom is -0.455 e. The quantitative estimate of drug-likeness (QED) is 0.412. The Morgan fingerprint density at radius 1 is 1.00 bits per heavy atom. The molecule has 2 heterocycles. The van der Waals surface area contributed by atoms with Gasteiger partial charge in [0.25, 0.3) is 0 Å². The Balaban J connectivity index is 1.88. The van der Waals surface area contributed by atoms with E-state index in [-0.39, 0.29) is 5.82 Å². The maximum Gasteiger partial charge on any atom is 0.146 e. The molecule has 0 aliphatic rings. The second kappa shape index (κ2) is 5.18. The van der Waals surface area contributed by atoms with Crippen molar-refractivity contribution < 1.29 is 8.81 Å². The van der Waals surface area contributed by atoms with E-state index in [1.807, 2.05) is 36.4 Å². The summed E-state index contributed by atoms with van der Waals surface area (Å²) >= 11 is 0. The van der Waals surface area contributed by atoms with Crippen LogP contribution in [0.25, 0.3) is 44.4 Å². The Labute approximate surface area is 143 Å². The summed E-state index contributed by atoms with van der Waals surface area (Å²) in [5.74, 6) is 0.572. The molecule has 4 heteroatoms. The number of rotatable bonds is 2. The number of benzene rings is 3. The largest absolute Gasteiger partial charge is 0.455 e. The van der Waals surface area contributed by atoms with Crippen LogP contribution in [-0.2, 0) is 6.54 Å². The number of hydrogen-bond acceptors (Lipinski definition) is 2. The number of aromatic nitrogens is 2. The topological polar surface area (TPSA) is 31.0 Å². The van der Waals surface area contributed by atoms with Crippen molar-refractivity contribution in [3.8, 4) is 11.4 Å². The van der Waals surface area contributed by atoms with Crippen LogP contribution in [0.15, 0.2) is 65.1 Å². The highest BCUT2D eigenvalue weighted by atomic mass is 19.1. The third-order valence-electron chi connectivity index (χ3n) is 4.67. The SMILES string of the molecule is CCn1c(-c2cccc3c2oc2cc(F)ccc23)nc2ccccc21. The zero-order chi connectivity index (χ0) is 17.0. The Morgan fingerprint density at radius 2 is 1.88 bits per heavy atom. The molecule has 5 rings (SSSR count). The van der Waals surface area contributed by atoms with Gasteiger partial charge in [0, 0.05) is 23.4 Å². The molecule has 0 saturated carbocycles. The lowest BCUT2D eigenvalue weighted by Crippen LogP contribution is -1.97. The molecule has 5 aromatic rings. The van der Waals surface area contributed by atoms with Gasteiger partial charge < -0.3 is 8.98 Å². The molecule has 0 aliphatic carbocycles. The fraction of sp³-hybridized carbons (Fsp3) is 0.0952. The van der Waals surface area contributed by atoms with Gasteiger partial charge >= 0.3 is 0 Å². The summed E-state index contributed by atoms with van der Waals surface area (Å²) < 4.78 is 21.8. The number of fused-ring (bicyclic) bond motifs is 4. The number of furan rings is 1. The van der Waals surface area contributed by atoms with Crippen LogP contribution < -0.4 is 0 Å². The predicted octanol–water partition coefficient (Wildman–Crippen LogP) is 5.76. The van der Waals surface area contributed by atoms with Crippen LogP contribution in [0.2, 0.25) is 0 Å². The molecule has 0 radical (unpaired) electrons. The molecule has 0 N–H and O–H groups in total. The summed E-state index contributed by atoms with van der Waals surface area (Å²) in [6, 6.07) is 18.8. The average Bonchev–Trinajstić information content (AvgIpc) is 3.18. The van der Waals surface area contributed by atoms with Crippen LogP contribution in [-0.4, -0.2) is 9.55 Å². The van der Waals surface area contributed by atoms with Gasteiger partial charge in [0.05, 0.1) is 16.6 Å². The van der Waals surface area contributed by atoms with Crippen molar-refractivity contribution in [3.05, 3.63) is 66.5 Å². The van der Waals surface area contributed by atoms with E-state index >= 15 is 0 Å². The molecule has 122 valence electrons. The lowest BCUT2D eigenvalue weighted by atomic mass is 10.1. The average molecular weight is 330 g/mol. The molecule has 0 fully saturated rings. The molecule has 25 heavy (non-hydrogen) atoms. The number of halogens is 1. The van der Waals surface area contributed by atoms with Crippen LogP contribution in [0.3, 0.4) is 0 Å². The van der Waals surface area contributed by atoms with Gasteiger partial charge in [-0.3, -0.25) is 0 Å². The molecule has 0 atom stereocenters. The maximum atomic E-state index is 13.6. The number of hydrogen-bond donors (Lipinski definition) is 0. The molecular weight excluding hydrogens is 315 g/mol. The zero-order valence-electron chi connectivity index (χ0n) is 13.7. The smallest absolute Gasteiger partial charge is 0.146 e. The first-order valence-corrected chi connectivity index (χ1v) is 8.32. The van der Waals surface area contributed by atoms with E-state index in [0.29, 0.717) is 5.58 Å². The van der Waals surface area contributed by atoms with Crippen molar-refractivity contribution in [3.63, 3.8) is 0 Å². The maximum absolute atomic E-state index is 13.6. The van der Waals surface area contributed by atoms with E-state index in [4.69, 9.17) is 9.40 Å². The molecule has 3 nitrogen and oxygen atoms in total. The van der Waals surface area contributed by atoms with Crippen LogP contribution in [0, 0.1) is 5.82 Å². The lowest BCUT2D eigenvalue weighted by Gasteiger charge is -2.06. The van der Waals surface area contributed by atoms with Gasteiger partial charge in [-0.2, -0.15) is 0 Å². The summed E-state index contributed by atoms with van der Waals surface area (Å²) in [6.07, 6.45) is 0. The molecule has 3 aromatic carbocycles. The highest BCUT2D eigenvalue weighted by molar-refractivity contribution is 6.09. The minimum atomic E-state index is -0.297. The highest BCUT2D eigenvalue weighted by Gasteiger charge is 2.17. The van der Waals surface area contributed by atoms with E-state index in [1.54, 1.807) is 6.07 Å². The monoisotopic (exact) mass is 330 g/mol. The van der Waals surface area contributed by atoms with Crippen molar-refractivity contribution in [2.45, 2.75) is 13.5 Å². The Hall–Kier alpha value is -3.14. The first-order chi connectivity index (χ1) is 12.3. The summed E-state index contributed by atoms with van der Waals surface area (Å²) in [4.78, 5) is 4.82. The third kappa shape index (κ3) is 2.00. The molecule has 0 spiro atoms. The van der Waals surface area contributed by atoms with Gasteiger partial charge in [-0.15, -0.1) is 0 Å². The fourth-order valence-corrected chi connectivity index (χ4v) is 3.55. The third-order valence-corrected chi connectivity index (χ3v) is 4.67. The fourth-order valence-electron chi connectivity index (χ4n) is 3.55. The van der Waals surface area contributed by atoms with E-state index < -0.39 is 0 Å². The Bertz CT molecular complexity index is 1250. The second-order valence-electron chi connectivity index (χ2n) is 6.09. The van der Waals surface area contributed by atoms with E-state index in [1.165, 1.54) is 12.1 Å². The van der Waals surface area contributed by atoms with Gasteiger partial charge in [-0.05, 0) is 37.3 Å². The van der Waals surface area contributed by atoms with Crippen molar-refractivity contribution in [2.75, 3.05) is 0 Å². The molecule has 0 bridgehead atoms. The second-order valence-corrected chi connectivity index (χ2v) is 6.09. The van der Waals surface area contributed by atoms with Crippen molar-refractivity contribution in [1.29, 1.82) is 0 Å². The molecule has 0 unspecified atom stereocenters. The zero-order valence-corrected chi connectivity index (χ0v) is 13.7. The molecule has 0 saturated heterocycles. The normalized spacial score (nSPS) is 11.8. The Kier molecular flexibility index (Phi) is 2.95. The Morgan fingerprint density at radius 3 is 2.76 bits per heavy atom. The number of para-hydroxylation sites is 3. The summed E-state index contributed by atoms with van der Waals surface area (Å²) in [6.45, 7) is 2.91. The van der Waals surface area contributed by atoms with Crippen molar-refractivity contribution >= 4 is 33.0 Å². The molecule has 0 amide bonds. The summed E-state index contributed by atoms with van der Waals surface area (Å²) in [5.41, 5.74) is 4.28. The summed E-state index contributed by atoms with van der Waals surface area (Å²) in [5, 5.41) is 1.89. The highest BCUT2D eigenvalue weighted by Crippen LogP contribution is 2.36. The van der Waals surface area contributed by atoms with Gasteiger partial charge in [0.15, 0.2) is 0 Å². The number of aryl methyl sites for hydroxylation is 1. The van der Waals surface area contributed by atoms with Gasteiger partial charge in [0.2, 0.25) is 0 Å². The van der Waals surface area contributed by atoms with Crippen LogP contribution >= 0.6 is 0 Å². The first-order valence-electron chi connectivity index (χ1n) is 8.32. The van der Waals surface area contributed by atoms with E-state index in [0.717, 1.165) is 45.3 Å². The van der Waals surface area contributed by atoms with Crippen molar-refractivity contribution in [1.82, 2.24) is 9.55 Å². The van der Waals surface area contributed by atoms with Gasteiger partial charge in [-0.25, -0.2) is 9.37 Å². The first kappa shape index (κ1) is 14.2. The minimum absolute atomic E-state index is 0.297. The number of imidazole rings is 1. The summed E-state index contributed by atoms with van der Waals surface area (Å²) in [7, 11) is 0. The van der Waals surface area contributed by atoms with Crippen LogP contribution in [0.4, 0.5) is 4.39 Å². The predicted molar refractivity (Wildman–Crippen MR) is 98.1 cm³/mol.